The smallest absolute Gasteiger partial charge is 0.248 e. The molecule has 2 N–H and O–H groups in total. The molecule has 5 heteroatoms. The quantitative estimate of drug-likeness (QED) is 0.871. The van der Waals surface area contributed by atoms with Crippen molar-refractivity contribution in [2.24, 2.45) is 0 Å². The number of fused-ring (bicyclic) bond motifs is 1. The highest BCUT2D eigenvalue weighted by Crippen LogP contribution is 2.26. The van der Waals surface area contributed by atoms with Crippen LogP contribution in [0.3, 0.4) is 0 Å². The van der Waals surface area contributed by atoms with Gasteiger partial charge in [0.2, 0.25) is 5.91 Å². The molecule has 1 atom stereocenters. The fourth-order valence-corrected chi connectivity index (χ4v) is 2.73. The van der Waals surface area contributed by atoms with Crippen LogP contribution in [0.2, 0.25) is 0 Å². The number of anilines is 2. The van der Waals surface area contributed by atoms with Crippen molar-refractivity contribution in [3.05, 3.63) is 40.9 Å². The minimum Gasteiger partial charge on any atom is -0.373 e. The molecule has 1 amide bonds. The number of para-hydroxylation sites is 1. The Kier molecular flexibility index (Phi) is 2.76. The molecule has 1 aliphatic rings. The SMILES string of the molecule is Cc1cnc(NC(=O)[C@@H]2Cc3ccccc3N2)s1. The first-order valence-corrected chi connectivity index (χ1v) is 6.62. The molecule has 3 rings (SSSR count). The second-order valence-electron chi connectivity index (χ2n) is 4.32. The van der Waals surface area contributed by atoms with E-state index >= 15 is 0 Å². The van der Waals surface area contributed by atoms with Crippen molar-refractivity contribution in [2.45, 2.75) is 19.4 Å². The molecule has 1 aromatic heterocycles. The summed E-state index contributed by atoms with van der Waals surface area (Å²) in [5.41, 5.74) is 2.24. The molecule has 4 nitrogen and oxygen atoms in total. The van der Waals surface area contributed by atoms with Crippen LogP contribution in [-0.4, -0.2) is 16.9 Å². The fourth-order valence-electron chi connectivity index (χ4n) is 2.06. The van der Waals surface area contributed by atoms with Gasteiger partial charge >= 0.3 is 0 Å². The number of rotatable bonds is 2. The lowest BCUT2D eigenvalue weighted by Crippen LogP contribution is -2.32. The molecule has 92 valence electrons. The van der Waals surface area contributed by atoms with Crippen LogP contribution in [0.25, 0.3) is 0 Å². The molecule has 18 heavy (non-hydrogen) atoms. The Balaban J connectivity index is 1.69. The van der Waals surface area contributed by atoms with E-state index in [4.69, 9.17) is 0 Å². The van der Waals surface area contributed by atoms with Gasteiger partial charge in [0.1, 0.15) is 6.04 Å². The summed E-state index contributed by atoms with van der Waals surface area (Å²) in [5.74, 6) is -0.0273. The van der Waals surface area contributed by atoms with Gasteiger partial charge in [-0.2, -0.15) is 0 Å². The zero-order valence-electron chi connectivity index (χ0n) is 9.93. The van der Waals surface area contributed by atoms with Gasteiger partial charge in [0.25, 0.3) is 0 Å². The van der Waals surface area contributed by atoms with Gasteiger partial charge in [0, 0.05) is 23.2 Å². The van der Waals surface area contributed by atoms with Gasteiger partial charge < -0.3 is 10.6 Å². The lowest BCUT2D eigenvalue weighted by molar-refractivity contribution is -0.116. The molecule has 0 aliphatic carbocycles. The Morgan fingerprint density at radius 2 is 2.33 bits per heavy atom. The summed E-state index contributed by atoms with van der Waals surface area (Å²) < 4.78 is 0. The maximum Gasteiger partial charge on any atom is 0.248 e. The molecule has 2 aromatic rings. The van der Waals surface area contributed by atoms with E-state index in [1.165, 1.54) is 16.9 Å². The van der Waals surface area contributed by atoms with E-state index in [2.05, 4.69) is 15.6 Å². The number of nitrogens with one attached hydrogen (secondary N) is 2. The summed E-state index contributed by atoms with van der Waals surface area (Å²) in [7, 11) is 0. The zero-order chi connectivity index (χ0) is 12.5. The third-order valence-electron chi connectivity index (χ3n) is 2.94. The summed E-state index contributed by atoms with van der Waals surface area (Å²) in [6.45, 7) is 1.97. The highest BCUT2D eigenvalue weighted by atomic mass is 32.1. The van der Waals surface area contributed by atoms with Crippen molar-refractivity contribution in [1.29, 1.82) is 0 Å². The van der Waals surface area contributed by atoms with Gasteiger partial charge in [0.15, 0.2) is 5.13 Å². The maximum atomic E-state index is 12.1. The molecule has 0 unspecified atom stereocenters. The van der Waals surface area contributed by atoms with E-state index in [0.29, 0.717) is 5.13 Å². The van der Waals surface area contributed by atoms with Gasteiger partial charge in [-0.1, -0.05) is 18.2 Å². The number of nitrogens with zero attached hydrogens (tertiary/aromatic N) is 1. The van der Waals surface area contributed by atoms with Crippen LogP contribution in [0.15, 0.2) is 30.5 Å². The Morgan fingerprint density at radius 1 is 1.50 bits per heavy atom. The predicted octanol–water partition coefficient (Wildman–Crippen LogP) is 2.43. The minimum atomic E-state index is -0.202. The van der Waals surface area contributed by atoms with Gasteiger partial charge in [-0.15, -0.1) is 11.3 Å². The number of benzene rings is 1. The van der Waals surface area contributed by atoms with E-state index < -0.39 is 0 Å². The standard InChI is InChI=1S/C13H13N3OS/c1-8-7-14-13(18-8)16-12(17)11-6-9-4-2-3-5-10(9)15-11/h2-5,7,11,15H,6H2,1H3,(H,14,16,17)/t11-/m0/s1. The molecule has 0 bridgehead atoms. The van der Waals surface area contributed by atoms with E-state index in [0.717, 1.165) is 17.0 Å². The second-order valence-corrected chi connectivity index (χ2v) is 5.56. The van der Waals surface area contributed by atoms with Crippen LogP contribution in [0.1, 0.15) is 10.4 Å². The van der Waals surface area contributed by atoms with Gasteiger partial charge in [0.05, 0.1) is 0 Å². The third-order valence-corrected chi connectivity index (χ3v) is 3.77. The lowest BCUT2D eigenvalue weighted by atomic mass is 10.1. The molecule has 2 heterocycles. The molecule has 0 saturated carbocycles. The van der Waals surface area contributed by atoms with Crippen molar-refractivity contribution in [3.63, 3.8) is 0 Å². The highest BCUT2D eigenvalue weighted by molar-refractivity contribution is 7.15. The number of carbonyl (C=O) groups excluding carboxylic acids is 1. The first-order valence-electron chi connectivity index (χ1n) is 5.80. The topological polar surface area (TPSA) is 54.0 Å². The molecule has 1 aliphatic heterocycles. The van der Waals surface area contributed by atoms with Crippen LogP contribution < -0.4 is 10.6 Å². The van der Waals surface area contributed by atoms with Crippen LogP contribution in [0, 0.1) is 6.92 Å². The largest absolute Gasteiger partial charge is 0.373 e. The van der Waals surface area contributed by atoms with Gasteiger partial charge in [-0.25, -0.2) is 4.98 Å². The highest BCUT2D eigenvalue weighted by Gasteiger charge is 2.26. The number of carbonyl (C=O) groups is 1. The molecule has 0 saturated heterocycles. The van der Waals surface area contributed by atoms with Gasteiger partial charge in [-0.05, 0) is 18.6 Å². The first-order chi connectivity index (χ1) is 8.72. The Labute approximate surface area is 109 Å². The molecular formula is C13H13N3OS. The van der Waals surface area contributed by atoms with E-state index in [9.17, 15) is 4.79 Å². The van der Waals surface area contributed by atoms with E-state index in [1.54, 1.807) is 6.20 Å². The van der Waals surface area contributed by atoms with Crippen LogP contribution >= 0.6 is 11.3 Å². The Bertz CT molecular complexity index is 568. The molecular weight excluding hydrogens is 246 g/mol. The lowest BCUT2D eigenvalue weighted by Gasteiger charge is -2.09. The summed E-state index contributed by atoms with van der Waals surface area (Å²) >= 11 is 1.49. The van der Waals surface area contributed by atoms with E-state index in [1.807, 2.05) is 31.2 Å². The van der Waals surface area contributed by atoms with E-state index in [-0.39, 0.29) is 11.9 Å². The average molecular weight is 259 g/mol. The van der Waals surface area contributed by atoms with Crippen molar-refractivity contribution in [1.82, 2.24) is 4.98 Å². The van der Waals surface area contributed by atoms with Gasteiger partial charge in [-0.3, -0.25) is 4.79 Å². The molecule has 1 aromatic carbocycles. The fraction of sp³-hybridized carbons (Fsp3) is 0.231. The van der Waals surface area contributed by atoms with Crippen molar-refractivity contribution in [3.8, 4) is 0 Å². The number of aryl methyl sites for hydroxylation is 1. The summed E-state index contributed by atoms with van der Waals surface area (Å²) in [4.78, 5) is 17.3. The normalized spacial score (nSPS) is 17.1. The monoisotopic (exact) mass is 259 g/mol. The number of thiazole rings is 1. The number of hydrogen-bond donors (Lipinski definition) is 2. The molecule has 0 radical (unpaired) electrons. The first kappa shape index (κ1) is 11.2. The second kappa shape index (κ2) is 4.42. The van der Waals surface area contributed by atoms with Crippen LogP contribution in [0.4, 0.5) is 10.8 Å². The number of aromatic nitrogens is 1. The third kappa shape index (κ3) is 2.09. The average Bonchev–Trinajstić information content (AvgIpc) is 2.95. The molecule has 0 spiro atoms. The summed E-state index contributed by atoms with van der Waals surface area (Å²) in [6.07, 6.45) is 2.49. The number of hydrogen-bond acceptors (Lipinski definition) is 4. The van der Waals surface area contributed by atoms with Crippen molar-refractivity contribution >= 4 is 28.1 Å². The predicted molar refractivity (Wildman–Crippen MR) is 73.0 cm³/mol. The minimum absolute atomic E-state index is 0.0273. The van der Waals surface area contributed by atoms with Crippen LogP contribution in [-0.2, 0) is 11.2 Å². The maximum absolute atomic E-state index is 12.1. The number of amides is 1. The summed E-state index contributed by atoms with van der Waals surface area (Å²) in [6, 6.07) is 7.80. The van der Waals surface area contributed by atoms with Crippen molar-refractivity contribution in [2.75, 3.05) is 10.6 Å². The summed E-state index contributed by atoms with van der Waals surface area (Å²) in [5, 5.41) is 6.73. The van der Waals surface area contributed by atoms with Crippen molar-refractivity contribution < 1.29 is 4.79 Å². The Hall–Kier alpha value is -1.88. The van der Waals surface area contributed by atoms with Crippen LogP contribution in [0.5, 0.6) is 0 Å². The molecule has 0 fully saturated rings. The Morgan fingerprint density at radius 3 is 3.06 bits per heavy atom. The zero-order valence-corrected chi connectivity index (χ0v) is 10.8.